The maximum Gasteiger partial charge on any atom is 0.328 e. The van der Waals surface area contributed by atoms with Crippen LogP contribution in [0.2, 0.25) is 5.02 Å². The molecule has 0 aliphatic carbocycles. The van der Waals surface area contributed by atoms with Crippen molar-refractivity contribution in [3.63, 3.8) is 0 Å². The third-order valence-electron chi connectivity index (χ3n) is 3.31. The fraction of sp³-hybridized carbons (Fsp3) is 0.312. The van der Waals surface area contributed by atoms with Crippen LogP contribution in [0.3, 0.4) is 0 Å². The minimum atomic E-state index is -0.804. The first kappa shape index (κ1) is 18.4. The highest BCUT2D eigenvalue weighted by molar-refractivity contribution is 7.98. The van der Waals surface area contributed by atoms with Gasteiger partial charge in [-0.15, -0.1) is 0 Å². The normalized spacial score (nSPS) is 12.0. The zero-order valence-electron chi connectivity index (χ0n) is 13.1. The van der Waals surface area contributed by atoms with E-state index in [-0.39, 0.29) is 22.2 Å². The van der Waals surface area contributed by atoms with E-state index in [4.69, 9.17) is 16.0 Å². The van der Waals surface area contributed by atoms with Gasteiger partial charge in [-0.1, -0.05) is 11.6 Å². The van der Waals surface area contributed by atoms with Gasteiger partial charge >= 0.3 is 5.97 Å². The van der Waals surface area contributed by atoms with E-state index < -0.39 is 17.9 Å². The number of benzene rings is 1. The largest absolute Gasteiger partial charge is 0.467 e. The molecule has 1 amide bonds. The summed E-state index contributed by atoms with van der Waals surface area (Å²) in [6.07, 6.45) is 2.30. The monoisotopic (exact) mass is 369 g/mol. The molecule has 0 aliphatic rings. The van der Waals surface area contributed by atoms with Crippen molar-refractivity contribution in [3.05, 3.63) is 45.3 Å². The molecule has 24 heavy (non-hydrogen) atoms. The van der Waals surface area contributed by atoms with Crippen molar-refractivity contribution in [2.75, 3.05) is 19.1 Å². The fourth-order valence-corrected chi connectivity index (χ4v) is 2.74. The van der Waals surface area contributed by atoms with Crippen LogP contribution in [0, 0.1) is 0 Å². The van der Waals surface area contributed by atoms with Gasteiger partial charge in [-0.3, -0.25) is 9.59 Å². The van der Waals surface area contributed by atoms with E-state index in [2.05, 4.69) is 10.1 Å². The molecule has 0 unspecified atom stereocenters. The molecule has 0 saturated carbocycles. The highest BCUT2D eigenvalue weighted by Crippen LogP contribution is 2.17. The summed E-state index contributed by atoms with van der Waals surface area (Å²) in [5.41, 5.74) is -0.140. The number of ether oxygens (including phenoxy) is 1. The molecule has 128 valence electrons. The Morgan fingerprint density at radius 1 is 1.38 bits per heavy atom. The van der Waals surface area contributed by atoms with E-state index in [9.17, 15) is 14.4 Å². The summed E-state index contributed by atoms with van der Waals surface area (Å²) < 4.78 is 10.1. The van der Waals surface area contributed by atoms with E-state index in [1.807, 2.05) is 6.26 Å². The number of hydrogen-bond acceptors (Lipinski definition) is 6. The SMILES string of the molecule is COC(=O)[C@@H](CCSC)NC(=O)c1cc(=O)c2cc(Cl)ccc2o1. The van der Waals surface area contributed by atoms with Crippen molar-refractivity contribution in [1.82, 2.24) is 5.32 Å². The van der Waals surface area contributed by atoms with Crippen molar-refractivity contribution < 1.29 is 18.7 Å². The average molecular weight is 370 g/mol. The Morgan fingerprint density at radius 2 is 2.12 bits per heavy atom. The summed E-state index contributed by atoms with van der Waals surface area (Å²) in [5.74, 6) is -0.708. The second-order valence-corrected chi connectivity index (χ2v) is 6.37. The Kier molecular flexibility index (Phi) is 6.28. The number of hydrogen-bond donors (Lipinski definition) is 1. The maximum absolute atomic E-state index is 12.3. The van der Waals surface area contributed by atoms with Gasteiger partial charge in [0.1, 0.15) is 11.6 Å². The van der Waals surface area contributed by atoms with Gasteiger partial charge in [0.05, 0.1) is 12.5 Å². The zero-order valence-corrected chi connectivity index (χ0v) is 14.7. The lowest BCUT2D eigenvalue weighted by molar-refractivity contribution is -0.142. The smallest absolute Gasteiger partial charge is 0.328 e. The molecule has 2 aromatic rings. The lowest BCUT2D eigenvalue weighted by Crippen LogP contribution is -2.42. The first-order chi connectivity index (χ1) is 11.5. The van der Waals surface area contributed by atoms with E-state index in [0.717, 1.165) is 6.07 Å². The number of nitrogens with one attached hydrogen (secondary N) is 1. The fourth-order valence-electron chi connectivity index (χ4n) is 2.10. The van der Waals surface area contributed by atoms with Gasteiger partial charge < -0.3 is 14.5 Å². The number of carbonyl (C=O) groups excluding carboxylic acids is 2. The van der Waals surface area contributed by atoms with Crippen molar-refractivity contribution >= 4 is 46.2 Å². The summed E-state index contributed by atoms with van der Waals surface area (Å²) in [4.78, 5) is 36.2. The highest BCUT2D eigenvalue weighted by atomic mass is 35.5. The number of esters is 1. The van der Waals surface area contributed by atoms with Gasteiger partial charge in [0, 0.05) is 11.1 Å². The molecule has 1 aromatic carbocycles. The number of fused-ring (bicyclic) bond motifs is 1. The lowest BCUT2D eigenvalue weighted by Gasteiger charge is -2.15. The van der Waals surface area contributed by atoms with Gasteiger partial charge in [-0.05, 0) is 36.6 Å². The Labute approximate surface area is 147 Å². The molecule has 1 atom stereocenters. The summed E-state index contributed by atoms with van der Waals surface area (Å²) in [5, 5.41) is 3.22. The summed E-state index contributed by atoms with van der Waals surface area (Å²) >= 11 is 7.39. The summed E-state index contributed by atoms with van der Waals surface area (Å²) in [7, 11) is 1.25. The topological polar surface area (TPSA) is 85.6 Å². The van der Waals surface area contributed by atoms with Crippen LogP contribution in [0.15, 0.2) is 33.5 Å². The molecular weight excluding hydrogens is 354 g/mol. The summed E-state index contributed by atoms with van der Waals surface area (Å²) in [6.45, 7) is 0. The first-order valence-corrected chi connectivity index (χ1v) is 8.84. The highest BCUT2D eigenvalue weighted by Gasteiger charge is 2.23. The van der Waals surface area contributed by atoms with Crippen LogP contribution in [0.5, 0.6) is 0 Å². The second kappa shape index (κ2) is 8.21. The molecule has 0 fully saturated rings. The Balaban J connectivity index is 2.28. The van der Waals surface area contributed by atoms with Gasteiger partial charge in [-0.2, -0.15) is 11.8 Å². The molecule has 0 spiro atoms. The summed E-state index contributed by atoms with van der Waals surface area (Å²) in [6, 6.07) is 4.82. The van der Waals surface area contributed by atoms with Crippen molar-refractivity contribution in [2.24, 2.45) is 0 Å². The van der Waals surface area contributed by atoms with Gasteiger partial charge in [-0.25, -0.2) is 4.79 Å². The molecule has 2 rings (SSSR count). The number of halogens is 1. The van der Waals surface area contributed by atoms with Crippen LogP contribution < -0.4 is 10.7 Å². The molecule has 1 aromatic heterocycles. The predicted octanol–water partition coefficient (Wildman–Crippen LogP) is 2.47. The minimum absolute atomic E-state index is 0.173. The van der Waals surface area contributed by atoms with E-state index in [0.29, 0.717) is 17.2 Å². The molecule has 0 bridgehead atoms. The number of rotatable bonds is 6. The quantitative estimate of drug-likeness (QED) is 0.787. The average Bonchev–Trinajstić information content (AvgIpc) is 2.58. The van der Waals surface area contributed by atoms with Crippen LogP contribution in [0.1, 0.15) is 17.0 Å². The molecule has 0 aliphatic heterocycles. The molecule has 8 heteroatoms. The third-order valence-corrected chi connectivity index (χ3v) is 4.19. The van der Waals surface area contributed by atoms with Crippen LogP contribution in [-0.2, 0) is 9.53 Å². The number of thioether (sulfide) groups is 1. The Hall–Kier alpha value is -1.99. The molecule has 1 heterocycles. The van der Waals surface area contributed by atoms with E-state index in [1.54, 1.807) is 17.8 Å². The molecule has 0 saturated heterocycles. The standard InChI is InChI=1S/C16H16ClNO5S/c1-22-16(21)11(5-6-24-2)18-15(20)14-8-12(19)10-7-9(17)3-4-13(10)23-14/h3-4,7-8,11H,5-6H2,1-2H3,(H,18,20)/t11-/m1/s1. The number of methoxy groups -OCH3 is 1. The van der Waals surface area contributed by atoms with Crippen LogP contribution in [0.25, 0.3) is 11.0 Å². The number of carbonyl (C=O) groups is 2. The Morgan fingerprint density at radius 3 is 2.79 bits per heavy atom. The van der Waals surface area contributed by atoms with Crippen LogP contribution in [0.4, 0.5) is 0 Å². The van der Waals surface area contributed by atoms with Crippen LogP contribution >= 0.6 is 23.4 Å². The Bertz CT molecular complexity index is 820. The molecule has 1 N–H and O–H groups in total. The maximum atomic E-state index is 12.3. The second-order valence-electron chi connectivity index (χ2n) is 4.95. The minimum Gasteiger partial charge on any atom is -0.467 e. The van der Waals surface area contributed by atoms with Gasteiger partial charge in [0.2, 0.25) is 0 Å². The van der Waals surface area contributed by atoms with Gasteiger partial charge in [0.15, 0.2) is 11.2 Å². The van der Waals surface area contributed by atoms with Crippen molar-refractivity contribution in [2.45, 2.75) is 12.5 Å². The van der Waals surface area contributed by atoms with Crippen molar-refractivity contribution in [3.8, 4) is 0 Å². The van der Waals surface area contributed by atoms with Crippen LogP contribution in [-0.4, -0.2) is 37.0 Å². The zero-order chi connectivity index (χ0) is 17.7. The van der Waals surface area contributed by atoms with Gasteiger partial charge in [0.25, 0.3) is 5.91 Å². The van der Waals surface area contributed by atoms with Crippen molar-refractivity contribution in [1.29, 1.82) is 0 Å². The lowest BCUT2D eigenvalue weighted by atomic mass is 10.2. The third kappa shape index (κ3) is 4.30. The molecule has 0 radical (unpaired) electrons. The predicted molar refractivity (Wildman–Crippen MR) is 93.8 cm³/mol. The van der Waals surface area contributed by atoms with E-state index >= 15 is 0 Å². The number of amides is 1. The first-order valence-electron chi connectivity index (χ1n) is 7.07. The van der Waals surface area contributed by atoms with E-state index in [1.165, 1.54) is 19.2 Å². The molecular formula is C16H16ClNO5S. The molecule has 6 nitrogen and oxygen atoms in total.